The summed E-state index contributed by atoms with van der Waals surface area (Å²) in [5.41, 5.74) is 4.09. The Bertz CT molecular complexity index is 1440. The second-order valence-electron chi connectivity index (χ2n) is 10.5. The molecule has 2 saturated carbocycles. The number of nitrogens with zero attached hydrogens (tertiary/aromatic N) is 3. The van der Waals surface area contributed by atoms with Crippen LogP contribution in [0.15, 0.2) is 60.8 Å². The van der Waals surface area contributed by atoms with E-state index in [2.05, 4.69) is 15.7 Å². The number of hydrogen-bond donors (Lipinski definition) is 3. The van der Waals surface area contributed by atoms with Crippen molar-refractivity contribution in [3.05, 3.63) is 71.9 Å². The van der Waals surface area contributed by atoms with Crippen LogP contribution in [0.2, 0.25) is 0 Å². The van der Waals surface area contributed by atoms with E-state index in [-0.39, 0.29) is 12.0 Å². The summed E-state index contributed by atoms with van der Waals surface area (Å²) in [6.07, 6.45) is 7.46. The fourth-order valence-electron chi connectivity index (χ4n) is 5.11. The van der Waals surface area contributed by atoms with E-state index in [9.17, 15) is 9.90 Å². The number of fused-ring (bicyclic) bond motifs is 1. The van der Waals surface area contributed by atoms with E-state index >= 15 is 0 Å². The molecule has 38 heavy (non-hydrogen) atoms. The minimum Gasteiger partial charge on any atom is -0.439 e. The van der Waals surface area contributed by atoms with E-state index in [0.29, 0.717) is 34.8 Å². The first-order valence-corrected chi connectivity index (χ1v) is 13.5. The van der Waals surface area contributed by atoms with E-state index in [4.69, 9.17) is 9.72 Å². The third-order valence-corrected chi connectivity index (χ3v) is 7.50. The van der Waals surface area contributed by atoms with Gasteiger partial charge in [0, 0.05) is 29.8 Å². The van der Waals surface area contributed by atoms with Crippen LogP contribution in [-0.4, -0.2) is 44.3 Å². The Morgan fingerprint density at radius 3 is 2.58 bits per heavy atom. The Morgan fingerprint density at radius 1 is 1.05 bits per heavy atom. The highest BCUT2D eigenvalue weighted by Gasteiger charge is 2.25. The molecule has 0 unspecified atom stereocenters. The summed E-state index contributed by atoms with van der Waals surface area (Å²) in [4.78, 5) is 17.5. The SMILES string of the molecule is Cc1cc(-c2cnn3c(NCC4CCC(O)CC4)cc(Oc4ccccc4)nc23)ccc1C(=O)NC1CC1. The van der Waals surface area contributed by atoms with Crippen molar-refractivity contribution in [2.75, 3.05) is 11.9 Å². The molecule has 8 heteroatoms. The summed E-state index contributed by atoms with van der Waals surface area (Å²) < 4.78 is 7.95. The predicted octanol–water partition coefficient (Wildman–Crippen LogP) is 5.35. The summed E-state index contributed by atoms with van der Waals surface area (Å²) in [5.74, 6) is 2.46. The number of aliphatic hydroxyl groups is 1. The van der Waals surface area contributed by atoms with Crippen LogP contribution < -0.4 is 15.4 Å². The van der Waals surface area contributed by atoms with E-state index < -0.39 is 0 Å². The van der Waals surface area contributed by atoms with Gasteiger partial charge in [0.15, 0.2) is 5.65 Å². The Labute approximate surface area is 222 Å². The lowest BCUT2D eigenvalue weighted by atomic mass is 9.87. The smallest absolute Gasteiger partial charge is 0.251 e. The average Bonchev–Trinajstić information content (AvgIpc) is 3.63. The zero-order valence-corrected chi connectivity index (χ0v) is 21.6. The Hall–Kier alpha value is -3.91. The van der Waals surface area contributed by atoms with Crippen molar-refractivity contribution < 1.29 is 14.6 Å². The maximum absolute atomic E-state index is 12.6. The van der Waals surface area contributed by atoms with Crippen molar-refractivity contribution in [3.63, 3.8) is 0 Å². The summed E-state index contributed by atoms with van der Waals surface area (Å²) in [6.45, 7) is 2.75. The molecular formula is C30H33N5O3. The number of carbonyl (C=O) groups excluding carboxylic acids is 1. The molecule has 2 fully saturated rings. The monoisotopic (exact) mass is 511 g/mol. The van der Waals surface area contributed by atoms with Gasteiger partial charge in [-0.2, -0.15) is 14.6 Å². The largest absolute Gasteiger partial charge is 0.439 e. The van der Waals surface area contributed by atoms with Gasteiger partial charge in [0.1, 0.15) is 11.6 Å². The van der Waals surface area contributed by atoms with Gasteiger partial charge in [0.2, 0.25) is 5.88 Å². The third kappa shape index (κ3) is 5.36. The standard InChI is InChI=1S/C30H33N5O3/c1-19-15-21(9-14-25(19)30(37)33-22-10-11-22)26-18-32-35-27(31-17-20-7-12-23(36)13-8-20)16-28(34-29(26)35)38-24-5-3-2-4-6-24/h2-6,9,14-16,18,20,22-23,31,36H,7-8,10-13,17H2,1H3,(H,33,37). The lowest BCUT2D eigenvalue weighted by molar-refractivity contribution is 0.0950. The van der Waals surface area contributed by atoms with Gasteiger partial charge >= 0.3 is 0 Å². The van der Waals surface area contributed by atoms with Gasteiger partial charge in [0.05, 0.1) is 12.3 Å². The van der Waals surface area contributed by atoms with Crippen LogP contribution in [0, 0.1) is 12.8 Å². The van der Waals surface area contributed by atoms with Crippen molar-refractivity contribution in [2.45, 2.75) is 57.6 Å². The number of para-hydroxylation sites is 1. The first kappa shape index (κ1) is 24.4. The topological polar surface area (TPSA) is 101 Å². The molecule has 2 aliphatic carbocycles. The van der Waals surface area contributed by atoms with Crippen LogP contribution >= 0.6 is 0 Å². The molecule has 2 aliphatic rings. The fourth-order valence-corrected chi connectivity index (χ4v) is 5.11. The second kappa shape index (κ2) is 10.5. The molecule has 8 nitrogen and oxygen atoms in total. The van der Waals surface area contributed by atoms with Crippen LogP contribution in [0.1, 0.15) is 54.4 Å². The molecule has 4 aromatic rings. The van der Waals surface area contributed by atoms with Crippen LogP contribution in [0.3, 0.4) is 0 Å². The number of amides is 1. The molecule has 0 radical (unpaired) electrons. The number of ether oxygens (including phenoxy) is 1. The van der Waals surface area contributed by atoms with Crippen molar-refractivity contribution in [1.82, 2.24) is 19.9 Å². The number of hydrogen-bond acceptors (Lipinski definition) is 6. The van der Waals surface area contributed by atoms with Gasteiger partial charge in [-0.1, -0.05) is 30.3 Å². The van der Waals surface area contributed by atoms with Crippen LogP contribution in [0.5, 0.6) is 11.6 Å². The van der Waals surface area contributed by atoms with E-state index in [1.165, 1.54) is 0 Å². The lowest BCUT2D eigenvalue weighted by Gasteiger charge is -2.25. The van der Waals surface area contributed by atoms with E-state index in [0.717, 1.165) is 67.6 Å². The summed E-state index contributed by atoms with van der Waals surface area (Å²) in [6, 6.07) is 17.7. The molecule has 0 bridgehead atoms. The van der Waals surface area contributed by atoms with Gasteiger partial charge < -0.3 is 20.5 Å². The Balaban J connectivity index is 1.32. The Kier molecular flexibility index (Phi) is 6.72. The summed E-state index contributed by atoms with van der Waals surface area (Å²) in [7, 11) is 0. The predicted molar refractivity (Wildman–Crippen MR) is 147 cm³/mol. The molecule has 0 saturated heterocycles. The van der Waals surface area contributed by atoms with Crippen LogP contribution in [0.4, 0.5) is 5.82 Å². The molecule has 2 aromatic heterocycles. The highest BCUT2D eigenvalue weighted by molar-refractivity contribution is 5.97. The number of nitrogens with one attached hydrogen (secondary N) is 2. The normalized spacial score (nSPS) is 19.3. The summed E-state index contributed by atoms with van der Waals surface area (Å²) >= 11 is 0. The Morgan fingerprint density at radius 2 is 1.84 bits per heavy atom. The minimum atomic E-state index is -0.173. The van der Waals surface area contributed by atoms with Crippen LogP contribution in [0.25, 0.3) is 16.8 Å². The van der Waals surface area contributed by atoms with Gasteiger partial charge in [-0.05, 0) is 80.7 Å². The van der Waals surface area contributed by atoms with Crippen molar-refractivity contribution in [2.24, 2.45) is 5.92 Å². The number of carbonyl (C=O) groups is 1. The van der Waals surface area contributed by atoms with Gasteiger partial charge in [-0.15, -0.1) is 0 Å². The number of aromatic nitrogens is 3. The first-order chi connectivity index (χ1) is 18.5. The third-order valence-electron chi connectivity index (χ3n) is 7.50. The van der Waals surface area contributed by atoms with E-state index in [1.54, 1.807) is 0 Å². The molecular weight excluding hydrogens is 478 g/mol. The summed E-state index contributed by atoms with van der Waals surface area (Å²) in [5, 5.41) is 21.2. The quantitative estimate of drug-likeness (QED) is 0.295. The highest BCUT2D eigenvalue weighted by atomic mass is 16.5. The molecule has 1 amide bonds. The number of benzene rings is 2. The van der Waals surface area contributed by atoms with Crippen LogP contribution in [-0.2, 0) is 0 Å². The number of aliphatic hydroxyl groups excluding tert-OH is 1. The van der Waals surface area contributed by atoms with Crippen molar-refractivity contribution >= 4 is 17.4 Å². The highest BCUT2D eigenvalue weighted by Crippen LogP contribution is 2.32. The number of aryl methyl sites for hydroxylation is 1. The van der Waals surface area contributed by atoms with Gasteiger partial charge in [-0.3, -0.25) is 4.79 Å². The van der Waals surface area contributed by atoms with Crippen molar-refractivity contribution in [3.8, 4) is 22.8 Å². The van der Waals surface area contributed by atoms with Gasteiger partial charge in [0.25, 0.3) is 5.91 Å². The number of rotatable bonds is 8. The first-order valence-electron chi connectivity index (χ1n) is 13.5. The number of anilines is 1. The van der Waals surface area contributed by atoms with Gasteiger partial charge in [-0.25, -0.2) is 0 Å². The fraction of sp³-hybridized carbons (Fsp3) is 0.367. The lowest BCUT2D eigenvalue weighted by Crippen LogP contribution is -2.26. The molecule has 196 valence electrons. The molecule has 2 aromatic carbocycles. The zero-order chi connectivity index (χ0) is 26.1. The van der Waals surface area contributed by atoms with E-state index in [1.807, 2.05) is 72.2 Å². The maximum atomic E-state index is 12.6. The second-order valence-corrected chi connectivity index (χ2v) is 10.5. The van der Waals surface area contributed by atoms with Crippen molar-refractivity contribution in [1.29, 1.82) is 0 Å². The molecule has 0 aliphatic heterocycles. The maximum Gasteiger partial charge on any atom is 0.251 e. The minimum absolute atomic E-state index is 0.0187. The zero-order valence-electron chi connectivity index (χ0n) is 21.6. The molecule has 0 atom stereocenters. The molecule has 6 rings (SSSR count). The molecule has 0 spiro atoms. The average molecular weight is 512 g/mol. The molecule has 2 heterocycles. The molecule has 3 N–H and O–H groups in total.